The predicted molar refractivity (Wildman–Crippen MR) is 81.1 cm³/mol. The molecule has 0 saturated carbocycles. The van der Waals surface area contributed by atoms with Crippen LogP contribution in [0.2, 0.25) is 0 Å². The summed E-state index contributed by atoms with van der Waals surface area (Å²) < 4.78 is 5.68. The normalized spacial score (nSPS) is 27.4. The minimum atomic E-state index is 0.114. The molecule has 0 aliphatic carbocycles. The maximum atomic E-state index is 5.56. The number of thioether (sulfide) groups is 2. The molecule has 0 unspecified atom stereocenters. The monoisotopic (exact) mass is 278 g/mol. The molecular formula is C15H18OS2. The third-order valence-corrected chi connectivity index (χ3v) is 7.12. The van der Waals surface area contributed by atoms with E-state index in [4.69, 9.17) is 4.74 Å². The van der Waals surface area contributed by atoms with Crippen molar-refractivity contribution in [1.29, 1.82) is 0 Å². The molecule has 0 N–H and O–H groups in total. The first kappa shape index (κ1) is 12.6. The van der Waals surface area contributed by atoms with Gasteiger partial charge in [-0.25, -0.2) is 0 Å². The fraction of sp³-hybridized carbons (Fsp3) is 0.467. The molecule has 2 saturated heterocycles. The fourth-order valence-electron chi connectivity index (χ4n) is 2.58. The van der Waals surface area contributed by atoms with Gasteiger partial charge in [-0.1, -0.05) is 36.4 Å². The molecule has 96 valence electrons. The molecule has 3 rings (SSSR count). The molecule has 0 radical (unpaired) electrons. The quantitative estimate of drug-likeness (QED) is 0.612. The van der Waals surface area contributed by atoms with E-state index in [-0.39, 0.29) is 4.08 Å². The van der Waals surface area contributed by atoms with Crippen LogP contribution < -0.4 is 0 Å². The summed E-state index contributed by atoms with van der Waals surface area (Å²) in [5, 5.41) is 0. The van der Waals surface area contributed by atoms with Crippen molar-refractivity contribution in [1.82, 2.24) is 0 Å². The largest absolute Gasteiger partial charge is 0.372 e. The number of rotatable bonds is 4. The van der Waals surface area contributed by atoms with E-state index in [9.17, 15) is 0 Å². The van der Waals surface area contributed by atoms with Gasteiger partial charge in [0.25, 0.3) is 0 Å². The van der Waals surface area contributed by atoms with Crippen molar-refractivity contribution in [3.63, 3.8) is 0 Å². The molecule has 2 aliphatic heterocycles. The van der Waals surface area contributed by atoms with Gasteiger partial charge >= 0.3 is 0 Å². The SMILES string of the molecule is C=C[C@@H]([C@H]1CO1)C1(c2ccccc2)SCCCS1. The van der Waals surface area contributed by atoms with E-state index in [1.165, 1.54) is 23.5 Å². The summed E-state index contributed by atoms with van der Waals surface area (Å²) in [5.41, 5.74) is 1.42. The molecule has 3 heteroatoms. The van der Waals surface area contributed by atoms with Crippen molar-refractivity contribution in [3.05, 3.63) is 48.6 Å². The van der Waals surface area contributed by atoms with E-state index in [0.717, 1.165) is 6.61 Å². The number of benzene rings is 1. The van der Waals surface area contributed by atoms with Gasteiger partial charge in [-0.3, -0.25) is 0 Å². The lowest BCUT2D eigenvalue weighted by Gasteiger charge is -2.41. The number of ether oxygens (including phenoxy) is 1. The maximum Gasteiger partial charge on any atom is 0.0948 e. The molecule has 2 atom stereocenters. The molecule has 2 fully saturated rings. The first-order valence-electron chi connectivity index (χ1n) is 6.44. The lowest BCUT2D eigenvalue weighted by molar-refractivity contribution is 0.349. The molecule has 1 aromatic carbocycles. The van der Waals surface area contributed by atoms with Crippen molar-refractivity contribution in [2.45, 2.75) is 16.6 Å². The summed E-state index contributed by atoms with van der Waals surface area (Å²) >= 11 is 4.15. The Hall–Kier alpha value is -0.380. The van der Waals surface area contributed by atoms with Crippen molar-refractivity contribution in [3.8, 4) is 0 Å². The van der Waals surface area contributed by atoms with Crippen LogP contribution in [0.4, 0.5) is 0 Å². The summed E-state index contributed by atoms with van der Waals surface area (Å²) in [6.07, 6.45) is 3.79. The van der Waals surface area contributed by atoms with E-state index < -0.39 is 0 Å². The lowest BCUT2D eigenvalue weighted by Crippen LogP contribution is -2.34. The zero-order valence-corrected chi connectivity index (χ0v) is 12.0. The molecule has 1 aromatic rings. The highest BCUT2D eigenvalue weighted by Gasteiger charge is 2.49. The molecule has 0 aromatic heterocycles. The molecule has 2 aliphatic rings. The van der Waals surface area contributed by atoms with Gasteiger partial charge in [0.2, 0.25) is 0 Å². The molecular weight excluding hydrogens is 260 g/mol. The van der Waals surface area contributed by atoms with E-state index in [2.05, 4.69) is 66.5 Å². The third kappa shape index (κ3) is 2.24. The highest BCUT2D eigenvalue weighted by Crippen LogP contribution is 2.57. The van der Waals surface area contributed by atoms with E-state index in [0.29, 0.717) is 12.0 Å². The maximum absolute atomic E-state index is 5.56. The Kier molecular flexibility index (Phi) is 3.73. The van der Waals surface area contributed by atoms with Gasteiger partial charge in [-0.2, -0.15) is 0 Å². The van der Waals surface area contributed by atoms with Crippen LogP contribution in [0.1, 0.15) is 12.0 Å². The average Bonchev–Trinajstić information content (AvgIpc) is 3.26. The van der Waals surface area contributed by atoms with Gasteiger partial charge in [0.05, 0.1) is 16.8 Å². The second kappa shape index (κ2) is 5.32. The predicted octanol–water partition coefficient (Wildman–Crippen LogP) is 3.91. The van der Waals surface area contributed by atoms with Crippen LogP contribution in [-0.4, -0.2) is 24.2 Å². The summed E-state index contributed by atoms with van der Waals surface area (Å²) in [7, 11) is 0. The number of hydrogen-bond acceptors (Lipinski definition) is 3. The first-order chi connectivity index (χ1) is 8.87. The van der Waals surface area contributed by atoms with E-state index in [1.807, 2.05) is 0 Å². The number of hydrogen-bond donors (Lipinski definition) is 0. The van der Waals surface area contributed by atoms with Crippen LogP contribution in [0.3, 0.4) is 0 Å². The Balaban J connectivity index is 1.99. The fourth-order valence-corrected chi connectivity index (χ4v) is 6.27. The third-order valence-electron chi connectivity index (χ3n) is 3.55. The standard InChI is InChI=1S/C15H18OS2/c1-2-13(14-11-16-14)15(17-9-6-10-18-15)12-7-4-3-5-8-12/h2-5,7-8,13-14H,1,6,9-11H2/t13-,14+/m0/s1. The van der Waals surface area contributed by atoms with E-state index >= 15 is 0 Å². The van der Waals surface area contributed by atoms with Crippen LogP contribution in [0.15, 0.2) is 43.0 Å². The Labute approximate surface area is 117 Å². The van der Waals surface area contributed by atoms with Gasteiger partial charge in [0, 0.05) is 5.92 Å². The van der Waals surface area contributed by atoms with Gasteiger partial charge in [-0.05, 0) is 23.5 Å². The van der Waals surface area contributed by atoms with Crippen LogP contribution in [-0.2, 0) is 8.82 Å². The summed E-state index contributed by atoms with van der Waals surface area (Å²) in [5.74, 6) is 2.88. The molecule has 2 heterocycles. The second-order valence-corrected chi connectivity index (χ2v) is 7.66. The van der Waals surface area contributed by atoms with Crippen LogP contribution in [0, 0.1) is 5.92 Å². The molecule has 18 heavy (non-hydrogen) atoms. The highest BCUT2D eigenvalue weighted by atomic mass is 32.2. The smallest absolute Gasteiger partial charge is 0.0948 e. The Morgan fingerprint density at radius 1 is 1.28 bits per heavy atom. The molecule has 0 amide bonds. The molecule has 1 nitrogen and oxygen atoms in total. The summed E-state index contributed by atoms with van der Waals surface area (Å²) in [6.45, 7) is 4.96. The van der Waals surface area contributed by atoms with Gasteiger partial charge in [0.15, 0.2) is 0 Å². The average molecular weight is 278 g/mol. The van der Waals surface area contributed by atoms with Crippen molar-refractivity contribution >= 4 is 23.5 Å². The minimum absolute atomic E-state index is 0.114. The number of epoxide rings is 1. The van der Waals surface area contributed by atoms with Crippen LogP contribution in [0.5, 0.6) is 0 Å². The van der Waals surface area contributed by atoms with Gasteiger partial charge in [-0.15, -0.1) is 30.1 Å². The van der Waals surface area contributed by atoms with Crippen LogP contribution in [0.25, 0.3) is 0 Å². The zero-order chi connectivity index (χ0) is 12.4. The van der Waals surface area contributed by atoms with Gasteiger partial charge < -0.3 is 4.74 Å². The summed E-state index contributed by atoms with van der Waals surface area (Å²) in [4.78, 5) is 0. The molecule has 0 spiro atoms. The van der Waals surface area contributed by atoms with Crippen molar-refractivity contribution in [2.75, 3.05) is 18.1 Å². The topological polar surface area (TPSA) is 12.5 Å². The zero-order valence-electron chi connectivity index (χ0n) is 10.4. The van der Waals surface area contributed by atoms with Gasteiger partial charge in [0.1, 0.15) is 0 Å². The van der Waals surface area contributed by atoms with E-state index in [1.54, 1.807) is 0 Å². The minimum Gasteiger partial charge on any atom is -0.372 e. The Morgan fingerprint density at radius 2 is 1.94 bits per heavy atom. The summed E-state index contributed by atoms with van der Waals surface area (Å²) in [6, 6.07) is 10.9. The molecule has 0 bridgehead atoms. The highest BCUT2D eigenvalue weighted by molar-refractivity contribution is 8.18. The van der Waals surface area contributed by atoms with Crippen molar-refractivity contribution in [2.24, 2.45) is 5.92 Å². The first-order valence-corrected chi connectivity index (χ1v) is 8.41. The Bertz CT molecular complexity index is 408. The second-order valence-electron chi connectivity index (χ2n) is 4.72. The van der Waals surface area contributed by atoms with Crippen molar-refractivity contribution < 1.29 is 4.74 Å². The lowest BCUT2D eigenvalue weighted by atomic mass is 9.95. The van der Waals surface area contributed by atoms with Crippen LogP contribution >= 0.6 is 23.5 Å². The Morgan fingerprint density at radius 3 is 2.50 bits per heavy atom.